The molecule has 2 amide bonds. The van der Waals surface area contributed by atoms with Crippen LogP contribution in [0.4, 0.5) is 4.39 Å². The van der Waals surface area contributed by atoms with Gasteiger partial charge in [0.05, 0.1) is 17.5 Å². The number of carbonyl (C=O) groups excluding carboxylic acids is 2. The maximum atomic E-state index is 13.5. The second kappa shape index (κ2) is 5.84. The van der Waals surface area contributed by atoms with E-state index in [0.717, 1.165) is 5.39 Å². The number of halogens is 1. The van der Waals surface area contributed by atoms with Crippen LogP contribution in [0.3, 0.4) is 0 Å². The van der Waals surface area contributed by atoms with Gasteiger partial charge in [0, 0.05) is 31.8 Å². The van der Waals surface area contributed by atoms with Crippen LogP contribution < -0.4 is 5.73 Å². The number of amides is 2. The standard InChI is InChI=1S/C18H20FN3O3/c19-14-2-1-12-3-5-21(15(12)7-14)9-16(23)22-8-13-10-25-6-4-18(13,11-22)17(20)24/h1-3,5,7,13H,4,6,8-11H2,(H2,20,24)/t13-,18+/m1/s1. The average Bonchev–Trinajstić information content (AvgIpc) is 3.17. The monoisotopic (exact) mass is 345 g/mol. The predicted molar refractivity (Wildman–Crippen MR) is 89.0 cm³/mol. The van der Waals surface area contributed by atoms with Crippen molar-refractivity contribution in [3.63, 3.8) is 0 Å². The first-order valence-corrected chi connectivity index (χ1v) is 8.39. The number of fused-ring (bicyclic) bond motifs is 2. The van der Waals surface area contributed by atoms with E-state index < -0.39 is 5.41 Å². The third kappa shape index (κ3) is 2.59. The molecule has 2 aliphatic rings. The summed E-state index contributed by atoms with van der Waals surface area (Å²) in [6.45, 7) is 1.85. The molecule has 0 bridgehead atoms. The Balaban J connectivity index is 1.55. The molecule has 25 heavy (non-hydrogen) atoms. The van der Waals surface area contributed by atoms with E-state index >= 15 is 0 Å². The SMILES string of the molecule is NC(=O)[C@]12CCOC[C@H]1CN(C(=O)Cn1ccc3ccc(F)cc31)C2. The van der Waals surface area contributed by atoms with Crippen molar-refractivity contribution in [1.82, 2.24) is 9.47 Å². The van der Waals surface area contributed by atoms with Crippen molar-refractivity contribution in [3.8, 4) is 0 Å². The molecule has 1 aromatic heterocycles. The number of carbonyl (C=O) groups is 2. The summed E-state index contributed by atoms with van der Waals surface area (Å²) in [5.74, 6) is -0.847. The summed E-state index contributed by atoms with van der Waals surface area (Å²) in [5.41, 5.74) is 5.65. The van der Waals surface area contributed by atoms with Crippen molar-refractivity contribution in [2.45, 2.75) is 13.0 Å². The largest absolute Gasteiger partial charge is 0.381 e. The van der Waals surface area contributed by atoms with Crippen molar-refractivity contribution < 1.29 is 18.7 Å². The highest BCUT2D eigenvalue weighted by molar-refractivity contribution is 5.86. The van der Waals surface area contributed by atoms with Gasteiger partial charge in [0.1, 0.15) is 12.4 Å². The Bertz CT molecular complexity index is 849. The van der Waals surface area contributed by atoms with E-state index in [1.807, 2.05) is 6.07 Å². The molecule has 2 aliphatic heterocycles. The second-order valence-electron chi connectivity index (χ2n) is 6.96. The minimum absolute atomic E-state index is 0.0541. The molecule has 0 spiro atoms. The first-order chi connectivity index (χ1) is 12.0. The summed E-state index contributed by atoms with van der Waals surface area (Å²) >= 11 is 0. The minimum Gasteiger partial charge on any atom is -0.381 e. The van der Waals surface area contributed by atoms with Gasteiger partial charge in [-0.3, -0.25) is 9.59 Å². The van der Waals surface area contributed by atoms with Crippen LogP contribution in [-0.4, -0.2) is 47.6 Å². The molecule has 2 N–H and O–H groups in total. The van der Waals surface area contributed by atoms with Crippen LogP contribution in [0.15, 0.2) is 30.5 Å². The Morgan fingerprint density at radius 1 is 1.36 bits per heavy atom. The summed E-state index contributed by atoms with van der Waals surface area (Å²) in [6.07, 6.45) is 2.33. The van der Waals surface area contributed by atoms with Crippen molar-refractivity contribution in [3.05, 3.63) is 36.3 Å². The molecule has 0 radical (unpaired) electrons. The van der Waals surface area contributed by atoms with Crippen LogP contribution >= 0.6 is 0 Å². The van der Waals surface area contributed by atoms with Crippen LogP contribution in [0.2, 0.25) is 0 Å². The molecule has 0 unspecified atom stereocenters. The number of ether oxygens (including phenoxy) is 1. The molecule has 4 rings (SSSR count). The summed E-state index contributed by atoms with van der Waals surface area (Å²) in [6, 6.07) is 6.36. The lowest BCUT2D eigenvalue weighted by Gasteiger charge is -2.34. The number of hydrogen-bond acceptors (Lipinski definition) is 3. The van der Waals surface area contributed by atoms with E-state index in [9.17, 15) is 14.0 Å². The highest BCUT2D eigenvalue weighted by Gasteiger charge is 2.53. The normalized spacial score (nSPS) is 26.0. The predicted octanol–water partition coefficient (Wildman–Crippen LogP) is 1.13. The Morgan fingerprint density at radius 2 is 2.20 bits per heavy atom. The summed E-state index contributed by atoms with van der Waals surface area (Å²) in [7, 11) is 0. The van der Waals surface area contributed by atoms with E-state index in [4.69, 9.17) is 10.5 Å². The van der Waals surface area contributed by atoms with Crippen LogP contribution in [0.5, 0.6) is 0 Å². The zero-order valence-electron chi connectivity index (χ0n) is 13.8. The topological polar surface area (TPSA) is 77.6 Å². The first-order valence-electron chi connectivity index (χ1n) is 8.39. The molecule has 2 saturated heterocycles. The summed E-state index contributed by atoms with van der Waals surface area (Å²) in [4.78, 5) is 26.5. The average molecular weight is 345 g/mol. The molecule has 2 atom stereocenters. The molecule has 132 valence electrons. The van der Waals surface area contributed by atoms with E-state index in [1.54, 1.807) is 21.7 Å². The Labute approximate surface area is 144 Å². The fourth-order valence-corrected chi connectivity index (χ4v) is 4.08. The van der Waals surface area contributed by atoms with Crippen molar-refractivity contribution in [1.29, 1.82) is 0 Å². The van der Waals surface area contributed by atoms with E-state index in [0.29, 0.717) is 38.2 Å². The van der Waals surface area contributed by atoms with Gasteiger partial charge in [-0.25, -0.2) is 4.39 Å². The molecule has 3 heterocycles. The lowest BCUT2D eigenvalue weighted by Crippen LogP contribution is -2.48. The minimum atomic E-state index is -0.682. The number of nitrogens with two attached hydrogens (primary N) is 1. The van der Waals surface area contributed by atoms with Gasteiger partial charge in [0.15, 0.2) is 0 Å². The molecule has 1 aromatic carbocycles. The Morgan fingerprint density at radius 3 is 2.96 bits per heavy atom. The van der Waals surface area contributed by atoms with E-state index in [1.165, 1.54) is 12.1 Å². The van der Waals surface area contributed by atoms with Gasteiger partial charge in [-0.15, -0.1) is 0 Å². The van der Waals surface area contributed by atoms with Crippen LogP contribution in [0.25, 0.3) is 10.9 Å². The molecule has 0 saturated carbocycles. The molecule has 2 aromatic rings. The Hall–Kier alpha value is -2.41. The van der Waals surface area contributed by atoms with Gasteiger partial charge < -0.3 is 19.9 Å². The lowest BCUT2D eigenvalue weighted by molar-refractivity contribution is -0.136. The zero-order valence-corrected chi connectivity index (χ0v) is 13.8. The molecule has 2 fully saturated rings. The fraction of sp³-hybridized carbons (Fsp3) is 0.444. The number of rotatable bonds is 3. The van der Waals surface area contributed by atoms with Gasteiger partial charge in [-0.2, -0.15) is 0 Å². The smallest absolute Gasteiger partial charge is 0.242 e. The molecule has 7 heteroatoms. The van der Waals surface area contributed by atoms with Crippen molar-refractivity contribution in [2.75, 3.05) is 26.3 Å². The summed E-state index contributed by atoms with van der Waals surface area (Å²) in [5, 5.41) is 0.881. The number of primary amides is 1. The van der Waals surface area contributed by atoms with Gasteiger partial charge >= 0.3 is 0 Å². The van der Waals surface area contributed by atoms with Crippen LogP contribution in [0, 0.1) is 17.2 Å². The molecular weight excluding hydrogens is 325 g/mol. The number of aromatic nitrogens is 1. The maximum absolute atomic E-state index is 13.5. The van der Waals surface area contributed by atoms with E-state index in [-0.39, 0.29) is 30.1 Å². The summed E-state index contributed by atoms with van der Waals surface area (Å²) < 4.78 is 20.7. The van der Waals surface area contributed by atoms with Gasteiger partial charge in [-0.05, 0) is 36.1 Å². The van der Waals surface area contributed by atoms with Gasteiger partial charge in [0.2, 0.25) is 11.8 Å². The molecule has 6 nitrogen and oxygen atoms in total. The van der Waals surface area contributed by atoms with Gasteiger partial charge in [0.25, 0.3) is 0 Å². The molecule has 0 aliphatic carbocycles. The number of benzene rings is 1. The number of likely N-dealkylation sites (tertiary alicyclic amines) is 1. The number of hydrogen-bond donors (Lipinski definition) is 1. The van der Waals surface area contributed by atoms with Crippen LogP contribution in [0.1, 0.15) is 6.42 Å². The number of nitrogens with zero attached hydrogens (tertiary/aromatic N) is 2. The first kappa shape index (κ1) is 16.1. The van der Waals surface area contributed by atoms with Gasteiger partial charge in [-0.1, -0.05) is 0 Å². The third-order valence-corrected chi connectivity index (χ3v) is 5.59. The van der Waals surface area contributed by atoms with E-state index in [2.05, 4.69) is 0 Å². The van der Waals surface area contributed by atoms with Crippen molar-refractivity contribution in [2.24, 2.45) is 17.1 Å². The highest BCUT2D eigenvalue weighted by Crippen LogP contribution is 2.42. The quantitative estimate of drug-likeness (QED) is 0.906. The zero-order chi connectivity index (χ0) is 17.6. The maximum Gasteiger partial charge on any atom is 0.242 e. The molecular formula is C18H20FN3O3. The fourth-order valence-electron chi connectivity index (χ4n) is 4.08. The lowest BCUT2D eigenvalue weighted by atomic mass is 9.74. The second-order valence-corrected chi connectivity index (χ2v) is 6.96. The Kier molecular flexibility index (Phi) is 3.76. The third-order valence-electron chi connectivity index (χ3n) is 5.59. The van der Waals surface area contributed by atoms with Crippen LogP contribution in [-0.2, 0) is 20.9 Å². The van der Waals surface area contributed by atoms with Crippen molar-refractivity contribution >= 4 is 22.7 Å². The highest BCUT2D eigenvalue weighted by atomic mass is 19.1.